The normalized spacial score (nSPS) is 14.6. The van der Waals surface area contributed by atoms with Crippen molar-refractivity contribution in [2.24, 2.45) is 5.92 Å². The van der Waals surface area contributed by atoms with Crippen LogP contribution >= 0.6 is 15.9 Å². The topological polar surface area (TPSA) is 92.9 Å². The zero-order chi connectivity index (χ0) is 26.5. The maximum absolute atomic E-state index is 15.0. The van der Waals surface area contributed by atoms with Gasteiger partial charge < -0.3 is 15.0 Å². The number of alkyl halides is 3. The molecular weight excluding hydrogens is 558 g/mol. The number of halogens is 5. The van der Waals surface area contributed by atoms with Gasteiger partial charge in [0.15, 0.2) is 11.5 Å². The molecule has 0 radical (unpaired) electrons. The van der Waals surface area contributed by atoms with Gasteiger partial charge >= 0.3 is 12.1 Å². The van der Waals surface area contributed by atoms with E-state index in [1.807, 2.05) is 6.92 Å². The molecule has 2 heterocycles. The van der Waals surface area contributed by atoms with E-state index in [4.69, 9.17) is 0 Å². The number of rotatable bonds is 7. The molecule has 0 spiro atoms. The predicted molar refractivity (Wildman–Crippen MR) is 132 cm³/mol. The Morgan fingerprint density at radius 3 is 2.46 bits per heavy atom. The Hall–Kier alpha value is -3.54. The SMILES string of the molecule is C[C@@H](Nc1nc(C(=O)O)nc2nc(-c3ccc(Br)cc3F)n(Cc3ccc(C(F)(F)F)cc3)c12)C1CC1. The van der Waals surface area contributed by atoms with Gasteiger partial charge in [0.2, 0.25) is 5.82 Å². The molecule has 0 aliphatic heterocycles. The molecule has 37 heavy (non-hydrogen) atoms. The second-order valence-corrected chi connectivity index (χ2v) is 9.90. The van der Waals surface area contributed by atoms with E-state index in [1.54, 1.807) is 10.6 Å². The number of hydrogen-bond acceptors (Lipinski definition) is 5. The van der Waals surface area contributed by atoms with Crippen LogP contribution in [0.25, 0.3) is 22.6 Å². The van der Waals surface area contributed by atoms with Crippen LogP contribution < -0.4 is 5.32 Å². The van der Waals surface area contributed by atoms with Crippen LogP contribution in [0.3, 0.4) is 0 Å². The van der Waals surface area contributed by atoms with E-state index in [1.165, 1.54) is 24.3 Å². The van der Waals surface area contributed by atoms with Crippen molar-refractivity contribution in [3.05, 3.63) is 69.7 Å². The summed E-state index contributed by atoms with van der Waals surface area (Å²) < 4.78 is 56.4. The van der Waals surface area contributed by atoms with Crippen molar-refractivity contribution in [1.82, 2.24) is 19.5 Å². The maximum atomic E-state index is 15.0. The summed E-state index contributed by atoms with van der Waals surface area (Å²) >= 11 is 3.23. The lowest BCUT2D eigenvalue weighted by molar-refractivity contribution is -0.137. The smallest absolute Gasteiger partial charge is 0.416 e. The number of aromatic carboxylic acids is 1. The van der Waals surface area contributed by atoms with Crippen LogP contribution in [-0.2, 0) is 12.7 Å². The summed E-state index contributed by atoms with van der Waals surface area (Å²) in [5, 5.41) is 12.8. The first-order valence-electron chi connectivity index (χ1n) is 11.4. The minimum atomic E-state index is -4.48. The lowest BCUT2D eigenvalue weighted by Crippen LogP contribution is -2.20. The summed E-state index contributed by atoms with van der Waals surface area (Å²) in [6.45, 7) is 1.97. The van der Waals surface area contributed by atoms with E-state index in [9.17, 15) is 23.1 Å². The molecule has 2 aromatic carbocycles. The van der Waals surface area contributed by atoms with Gasteiger partial charge in [0.1, 0.15) is 17.2 Å². The molecule has 2 N–H and O–H groups in total. The van der Waals surface area contributed by atoms with Crippen molar-refractivity contribution in [1.29, 1.82) is 0 Å². The Morgan fingerprint density at radius 2 is 1.86 bits per heavy atom. The van der Waals surface area contributed by atoms with Crippen LogP contribution in [0.4, 0.5) is 23.4 Å². The molecule has 7 nitrogen and oxygen atoms in total. The van der Waals surface area contributed by atoms with E-state index in [2.05, 4.69) is 36.2 Å². The average Bonchev–Trinajstić information content (AvgIpc) is 3.62. The summed E-state index contributed by atoms with van der Waals surface area (Å²) in [5.41, 5.74) is 0.179. The number of fused-ring (bicyclic) bond motifs is 1. The molecule has 1 aliphatic carbocycles. The average molecular weight is 578 g/mol. The molecule has 192 valence electrons. The molecule has 0 amide bonds. The highest BCUT2D eigenvalue weighted by Gasteiger charge is 2.31. The Kier molecular flexibility index (Phi) is 6.38. The number of carboxylic acids is 1. The number of anilines is 1. The molecule has 4 aromatic rings. The Balaban J connectivity index is 1.71. The zero-order valence-corrected chi connectivity index (χ0v) is 20.9. The summed E-state index contributed by atoms with van der Waals surface area (Å²) in [5.74, 6) is -1.67. The second-order valence-electron chi connectivity index (χ2n) is 8.98. The fraction of sp³-hybridized carbons (Fsp3) is 0.280. The fourth-order valence-electron chi connectivity index (χ4n) is 4.17. The quantitative estimate of drug-likeness (QED) is 0.248. The summed E-state index contributed by atoms with van der Waals surface area (Å²) in [7, 11) is 0. The van der Waals surface area contributed by atoms with E-state index < -0.39 is 29.4 Å². The van der Waals surface area contributed by atoms with Crippen LogP contribution in [-0.4, -0.2) is 36.6 Å². The van der Waals surface area contributed by atoms with Crippen molar-refractivity contribution < 1.29 is 27.5 Å². The number of imidazole rings is 1. The zero-order valence-electron chi connectivity index (χ0n) is 19.4. The predicted octanol–water partition coefficient (Wildman–Crippen LogP) is 6.37. The van der Waals surface area contributed by atoms with Crippen LogP contribution in [0.1, 0.15) is 41.5 Å². The second kappa shape index (κ2) is 9.40. The van der Waals surface area contributed by atoms with Gasteiger partial charge in [-0.2, -0.15) is 13.2 Å². The molecule has 1 aliphatic rings. The van der Waals surface area contributed by atoms with E-state index in [0.29, 0.717) is 21.5 Å². The third-order valence-corrected chi connectivity index (χ3v) is 6.78. The number of carboxylic acid groups (broad SMARTS) is 1. The van der Waals surface area contributed by atoms with Crippen LogP contribution in [0.2, 0.25) is 0 Å². The highest BCUT2D eigenvalue weighted by molar-refractivity contribution is 9.10. The third kappa shape index (κ3) is 5.15. The van der Waals surface area contributed by atoms with Crippen molar-refractivity contribution in [3.8, 4) is 11.4 Å². The fourth-order valence-corrected chi connectivity index (χ4v) is 4.51. The molecule has 2 aromatic heterocycles. The first kappa shape index (κ1) is 25.1. The summed E-state index contributed by atoms with van der Waals surface area (Å²) in [6.07, 6.45) is -2.44. The van der Waals surface area contributed by atoms with Crippen molar-refractivity contribution >= 4 is 38.9 Å². The number of aromatic nitrogens is 4. The number of carbonyl (C=O) groups is 1. The standard InChI is InChI=1S/C25H20BrF4N5O2/c1-12(14-4-5-14)31-20-19-21(33-22(32-20)24(36)37)34-23(17-9-8-16(26)10-18(17)27)35(19)11-13-2-6-15(7-3-13)25(28,29)30/h2-3,6-10,12,14H,4-5,11H2,1H3,(H,36,37)(H,31,32,33)/t12-/m1/s1. The van der Waals surface area contributed by atoms with Crippen molar-refractivity contribution in [2.75, 3.05) is 5.32 Å². The molecule has 0 saturated heterocycles. The third-order valence-electron chi connectivity index (χ3n) is 6.28. The molecule has 1 atom stereocenters. The minimum Gasteiger partial charge on any atom is -0.475 e. The number of nitrogens with zero attached hydrogens (tertiary/aromatic N) is 4. The summed E-state index contributed by atoms with van der Waals surface area (Å²) in [6, 6.07) is 8.99. The lowest BCUT2D eigenvalue weighted by atomic mass is 10.1. The lowest BCUT2D eigenvalue weighted by Gasteiger charge is -2.17. The molecule has 1 fully saturated rings. The molecule has 5 rings (SSSR count). The minimum absolute atomic E-state index is 0.0156. The molecule has 12 heteroatoms. The van der Waals surface area contributed by atoms with Crippen molar-refractivity contribution in [3.63, 3.8) is 0 Å². The van der Waals surface area contributed by atoms with Gasteiger partial charge in [-0.15, -0.1) is 0 Å². The Morgan fingerprint density at radius 1 is 1.16 bits per heavy atom. The number of nitrogens with one attached hydrogen (secondary N) is 1. The first-order valence-corrected chi connectivity index (χ1v) is 12.2. The van der Waals surface area contributed by atoms with Crippen LogP contribution in [0.15, 0.2) is 46.9 Å². The number of hydrogen-bond donors (Lipinski definition) is 2. The van der Waals surface area contributed by atoms with E-state index >= 15 is 4.39 Å². The van der Waals surface area contributed by atoms with Crippen LogP contribution in [0, 0.1) is 11.7 Å². The highest BCUT2D eigenvalue weighted by atomic mass is 79.9. The number of benzene rings is 2. The van der Waals surface area contributed by atoms with Gasteiger partial charge in [-0.05, 0) is 61.6 Å². The van der Waals surface area contributed by atoms with Gasteiger partial charge in [-0.25, -0.2) is 24.1 Å². The monoisotopic (exact) mass is 577 g/mol. The molecule has 0 unspecified atom stereocenters. The summed E-state index contributed by atoms with van der Waals surface area (Å²) in [4.78, 5) is 24.5. The van der Waals surface area contributed by atoms with Gasteiger partial charge in [-0.1, -0.05) is 28.1 Å². The van der Waals surface area contributed by atoms with E-state index in [-0.39, 0.29) is 35.4 Å². The largest absolute Gasteiger partial charge is 0.475 e. The van der Waals surface area contributed by atoms with Gasteiger partial charge in [-0.3, -0.25) is 0 Å². The van der Waals surface area contributed by atoms with Crippen LogP contribution in [0.5, 0.6) is 0 Å². The maximum Gasteiger partial charge on any atom is 0.416 e. The molecule has 0 bridgehead atoms. The van der Waals surface area contributed by atoms with Gasteiger partial charge in [0, 0.05) is 17.1 Å². The Bertz CT molecular complexity index is 1500. The van der Waals surface area contributed by atoms with Gasteiger partial charge in [0.25, 0.3) is 0 Å². The molecule has 1 saturated carbocycles. The Labute approximate surface area is 216 Å². The molecular formula is C25H20BrF4N5O2. The van der Waals surface area contributed by atoms with Crippen molar-refractivity contribution in [2.45, 2.75) is 38.5 Å². The van der Waals surface area contributed by atoms with Gasteiger partial charge in [0.05, 0.1) is 11.1 Å². The highest BCUT2D eigenvalue weighted by Crippen LogP contribution is 2.36. The van der Waals surface area contributed by atoms with E-state index in [0.717, 1.165) is 25.0 Å². The first-order chi connectivity index (χ1) is 17.5.